The summed E-state index contributed by atoms with van der Waals surface area (Å²) in [6.07, 6.45) is 3.42. The molecule has 4 nitrogen and oxygen atoms in total. The van der Waals surface area contributed by atoms with Crippen LogP contribution in [0.1, 0.15) is 5.56 Å². The first kappa shape index (κ1) is 6.25. The van der Waals surface area contributed by atoms with Crippen LogP contribution in [0.25, 0.3) is 0 Å². The van der Waals surface area contributed by atoms with Gasteiger partial charge >= 0.3 is 0 Å². The standard InChI is InChI=1S/C5H9N3O/c1-8(9)4-5-2-6-7-3-5/h2-3,9H,4H2,1H3,(H,6,7). The lowest BCUT2D eigenvalue weighted by Crippen LogP contribution is -2.10. The van der Waals surface area contributed by atoms with E-state index in [-0.39, 0.29) is 0 Å². The van der Waals surface area contributed by atoms with Gasteiger partial charge in [0.05, 0.1) is 12.7 Å². The molecule has 1 rings (SSSR count). The lowest BCUT2D eigenvalue weighted by Gasteiger charge is -2.03. The monoisotopic (exact) mass is 127 g/mol. The number of aromatic amines is 1. The van der Waals surface area contributed by atoms with Crippen molar-refractivity contribution in [3.05, 3.63) is 18.0 Å². The van der Waals surface area contributed by atoms with Crippen molar-refractivity contribution in [2.24, 2.45) is 0 Å². The van der Waals surface area contributed by atoms with E-state index in [4.69, 9.17) is 5.21 Å². The van der Waals surface area contributed by atoms with Gasteiger partial charge in [-0.05, 0) is 0 Å². The van der Waals surface area contributed by atoms with Crippen LogP contribution in [0.15, 0.2) is 12.4 Å². The van der Waals surface area contributed by atoms with E-state index in [0.29, 0.717) is 6.54 Å². The van der Waals surface area contributed by atoms with E-state index in [2.05, 4.69) is 10.2 Å². The number of aromatic nitrogens is 2. The molecule has 0 radical (unpaired) electrons. The molecule has 0 saturated carbocycles. The van der Waals surface area contributed by atoms with Gasteiger partial charge in [-0.25, -0.2) is 0 Å². The maximum Gasteiger partial charge on any atom is 0.0533 e. The highest BCUT2D eigenvalue weighted by Gasteiger charge is 1.94. The minimum absolute atomic E-state index is 0.510. The van der Waals surface area contributed by atoms with Gasteiger partial charge < -0.3 is 5.21 Å². The number of H-pyrrole nitrogens is 1. The third-order valence-corrected chi connectivity index (χ3v) is 0.966. The summed E-state index contributed by atoms with van der Waals surface area (Å²) in [5.41, 5.74) is 0.972. The van der Waals surface area contributed by atoms with E-state index >= 15 is 0 Å². The topological polar surface area (TPSA) is 52.1 Å². The molecule has 0 spiro atoms. The van der Waals surface area contributed by atoms with Crippen molar-refractivity contribution in [1.29, 1.82) is 0 Å². The number of hydroxylamine groups is 2. The number of nitrogens with zero attached hydrogens (tertiary/aromatic N) is 2. The molecular formula is C5H9N3O. The molecule has 0 unspecified atom stereocenters. The van der Waals surface area contributed by atoms with Crippen LogP contribution in [-0.2, 0) is 6.54 Å². The Morgan fingerprint density at radius 1 is 1.89 bits per heavy atom. The maximum atomic E-state index is 8.72. The molecule has 1 aromatic rings. The SMILES string of the molecule is CN(O)Cc1cn[nH]c1. The van der Waals surface area contributed by atoms with Gasteiger partial charge in [0, 0.05) is 18.8 Å². The fourth-order valence-corrected chi connectivity index (χ4v) is 0.628. The molecule has 0 atom stereocenters. The summed E-state index contributed by atoms with van der Waals surface area (Å²) >= 11 is 0. The lowest BCUT2D eigenvalue weighted by molar-refractivity contribution is -0.0731. The minimum atomic E-state index is 0.510. The van der Waals surface area contributed by atoms with Gasteiger partial charge in [0.1, 0.15) is 0 Å². The Morgan fingerprint density at radius 3 is 3.11 bits per heavy atom. The third-order valence-electron chi connectivity index (χ3n) is 0.966. The molecule has 0 aliphatic rings. The summed E-state index contributed by atoms with van der Waals surface area (Å²) in [7, 11) is 1.59. The Morgan fingerprint density at radius 2 is 2.67 bits per heavy atom. The molecule has 50 valence electrons. The molecule has 4 heteroatoms. The van der Waals surface area contributed by atoms with Crippen LogP contribution in [0.5, 0.6) is 0 Å². The summed E-state index contributed by atoms with van der Waals surface area (Å²) in [6.45, 7) is 0.510. The predicted molar refractivity (Wildman–Crippen MR) is 31.8 cm³/mol. The third kappa shape index (κ3) is 1.83. The van der Waals surface area contributed by atoms with E-state index in [1.54, 1.807) is 19.4 Å². The lowest BCUT2D eigenvalue weighted by atomic mass is 10.4. The molecule has 0 fully saturated rings. The summed E-state index contributed by atoms with van der Waals surface area (Å²) in [6, 6.07) is 0. The smallest absolute Gasteiger partial charge is 0.0533 e. The summed E-state index contributed by atoms with van der Waals surface area (Å²) in [4.78, 5) is 0. The largest absolute Gasteiger partial charge is 0.314 e. The van der Waals surface area contributed by atoms with Crippen LogP contribution in [0.2, 0.25) is 0 Å². The van der Waals surface area contributed by atoms with E-state index < -0.39 is 0 Å². The van der Waals surface area contributed by atoms with Crippen molar-refractivity contribution < 1.29 is 5.21 Å². The van der Waals surface area contributed by atoms with Crippen LogP contribution >= 0.6 is 0 Å². The second-order valence-corrected chi connectivity index (χ2v) is 1.92. The molecule has 0 saturated heterocycles. The molecule has 0 aromatic carbocycles. The van der Waals surface area contributed by atoms with Crippen molar-refractivity contribution >= 4 is 0 Å². The van der Waals surface area contributed by atoms with E-state index in [1.165, 1.54) is 0 Å². The Hall–Kier alpha value is -0.870. The fraction of sp³-hybridized carbons (Fsp3) is 0.400. The second-order valence-electron chi connectivity index (χ2n) is 1.92. The number of hydrogen-bond acceptors (Lipinski definition) is 3. The van der Waals surface area contributed by atoms with Crippen LogP contribution in [-0.4, -0.2) is 27.5 Å². The Labute approximate surface area is 53.1 Å². The zero-order valence-corrected chi connectivity index (χ0v) is 5.20. The van der Waals surface area contributed by atoms with Gasteiger partial charge in [-0.15, -0.1) is 0 Å². The van der Waals surface area contributed by atoms with Gasteiger partial charge in [0.25, 0.3) is 0 Å². The van der Waals surface area contributed by atoms with Gasteiger partial charge in [0.2, 0.25) is 0 Å². The van der Waals surface area contributed by atoms with Crippen molar-refractivity contribution in [2.75, 3.05) is 7.05 Å². The van der Waals surface area contributed by atoms with Crippen LogP contribution in [0.3, 0.4) is 0 Å². The molecule has 1 aromatic heterocycles. The Kier molecular flexibility index (Phi) is 1.81. The van der Waals surface area contributed by atoms with Crippen molar-refractivity contribution in [3.63, 3.8) is 0 Å². The van der Waals surface area contributed by atoms with Crippen LogP contribution < -0.4 is 0 Å². The highest BCUT2D eigenvalue weighted by molar-refractivity contribution is 5.00. The Balaban J connectivity index is 2.48. The fourth-order valence-electron chi connectivity index (χ4n) is 0.628. The summed E-state index contributed by atoms with van der Waals surface area (Å²) in [5.74, 6) is 0. The van der Waals surface area contributed by atoms with Crippen LogP contribution in [0, 0.1) is 0 Å². The van der Waals surface area contributed by atoms with Gasteiger partial charge in [-0.1, -0.05) is 0 Å². The maximum absolute atomic E-state index is 8.72. The van der Waals surface area contributed by atoms with E-state index in [9.17, 15) is 0 Å². The van der Waals surface area contributed by atoms with Gasteiger partial charge in [-0.2, -0.15) is 10.2 Å². The van der Waals surface area contributed by atoms with Crippen molar-refractivity contribution in [3.8, 4) is 0 Å². The first-order valence-corrected chi connectivity index (χ1v) is 2.66. The molecule has 0 aliphatic carbocycles. The summed E-state index contributed by atoms with van der Waals surface area (Å²) in [5, 5.41) is 16.2. The average molecular weight is 127 g/mol. The van der Waals surface area contributed by atoms with Crippen LogP contribution in [0.4, 0.5) is 0 Å². The molecule has 0 amide bonds. The van der Waals surface area contributed by atoms with Gasteiger partial charge in [0.15, 0.2) is 0 Å². The minimum Gasteiger partial charge on any atom is -0.314 e. The average Bonchev–Trinajstić information content (AvgIpc) is 2.15. The highest BCUT2D eigenvalue weighted by Crippen LogP contribution is 1.95. The van der Waals surface area contributed by atoms with Crippen molar-refractivity contribution in [2.45, 2.75) is 6.54 Å². The first-order chi connectivity index (χ1) is 4.29. The zero-order chi connectivity index (χ0) is 6.69. The first-order valence-electron chi connectivity index (χ1n) is 2.66. The van der Waals surface area contributed by atoms with Gasteiger partial charge in [-0.3, -0.25) is 5.10 Å². The summed E-state index contributed by atoms with van der Waals surface area (Å²) < 4.78 is 0. The molecular weight excluding hydrogens is 118 g/mol. The molecule has 1 heterocycles. The normalized spacial score (nSPS) is 10.6. The quantitative estimate of drug-likeness (QED) is 0.559. The van der Waals surface area contributed by atoms with Crippen molar-refractivity contribution in [1.82, 2.24) is 15.3 Å². The highest BCUT2D eigenvalue weighted by atomic mass is 16.5. The zero-order valence-electron chi connectivity index (χ0n) is 5.20. The molecule has 2 N–H and O–H groups in total. The predicted octanol–water partition coefficient (Wildman–Crippen LogP) is 0.231. The number of rotatable bonds is 2. The van der Waals surface area contributed by atoms with E-state index in [0.717, 1.165) is 10.6 Å². The number of hydrogen-bond donors (Lipinski definition) is 2. The molecule has 9 heavy (non-hydrogen) atoms. The number of nitrogens with one attached hydrogen (secondary N) is 1. The molecule has 0 bridgehead atoms. The Bertz CT molecular complexity index is 159. The van der Waals surface area contributed by atoms with E-state index in [1.807, 2.05) is 0 Å². The second kappa shape index (κ2) is 2.61. The molecule has 0 aliphatic heterocycles.